The van der Waals surface area contributed by atoms with Crippen LogP contribution in [0.15, 0.2) is 229 Å². The lowest BCUT2D eigenvalue weighted by Crippen LogP contribution is -2.09. The molecule has 2 nitrogen and oxygen atoms in total. The first-order chi connectivity index (χ1) is 28.8. The van der Waals surface area contributed by atoms with Crippen molar-refractivity contribution in [3.63, 3.8) is 0 Å². The predicted molar refractivity (Wildman–Crippen MR) is 245 cm³/mol. The summed E-state index contributed by atoms with van der Waals surface area (Å²) in [6.45, 7) is 0. The lowest BCUT2D eigenvalue weighted by Gasteiger charge is -2.26. The Morgan fingerprint density at radius 3 is 1.53 bits per heavy atom. The molecule has 0 aliphatic carbocycles. The van der Waals surface area contributed by atoms with Gasteiger partial charge in [-0.15, -0.1) is 0 Å². The van der Waals surface area contributed by atoms with Gasteiger partial charge in [0.1, 0.15) is 11.2 Å². The van der Waals surface area contributed by atoms with Crippen molar-refractivity contribution < 1.29 is 4.42 Å². The van der Waals surface area contributed by atoms with E-state index in [1.807, 2.05) is 0 Å². The van der Waals surface area contributed by atoms with Gasteiger partial charge in [-0.3, -0.25) is 0 Å². The first kappa shape index (κ1) is 33.6. The topological polar surface area (TPSA) is 16.4 Å². The number of hydrogen-bond acceptors (Lipinski definition) is 2. The lowest BCUT2D eigenvalue weighted by atomic mass is 9.89. The molecule has 0 unspecified atom stereocenters. The average Bonchev–Trinajstić information content (AvgIpc) is 3.68. The summed E-state index contributed by atoms with van der Waals surface area (Å²) in [5.41, 5.74) is 14.4. The molecule has 10 aromatic carbocycles. The standard InChI is InChI=1S/C56H37NO/c1-3-13-39(14-4-1)50-35-29-41-18-8-10-21-49(41)55(50)43-27-32-45(33-28-43)57(44-30-25-42(26-31-44)48-22-11-19-38-17-7-9-20-47(38)48)46-34-36-52-53-24-12-23-51(40-15-5-2-6-16-40)56(53)58-54(52)37-46/h1-37H. The van der Waals surface area contributed by atoms with Gasteiger partial charge in [0.2, 0.25) is 0 Å². The summed E-state index contributed by atoms with van der Waals surface area (Å²) < 4.78 is 6.76. The van der Waals surface area contributed by atoms with Crippen LogP contribution in [0.4, 0.5) is 17.1 Å². The molecule has 0 fully saturated rings. The number of nitrogens with zero attached hydrogens (tertiary/aromatic N) is 1. The molecule has 2 heteroatoms. The van der Waals surface area contributed by atoms with E-state index in [0.29, 0.717) is 0 Å². The van der Waals surface area contributed by atoms with E-state index in [4.69, 9.17) is 4.42 Å². The Hall–Kier alpha value is -7.68. The summed E-state index contributed by atoms with van der Waals surface area (Å²) in [6.07, 6.45) is 0. The van der Waals surface area contributed by atoms with Crippen LogP contribution in [0.3, 0.4) is 0 Å². The SMILES string of the molecule is c1ccc(-c2ccc3ccccc3c2-c2ccc(N(c3ccc(-c4cccc5ccccc45)cc3)c3ccc4c(c3)oc3c(-c5ccccc5)cccc34)cc2)cc1. The zero-order valence-electron chi connectivity index (χ0n) is 31.7. The minimum Gasteiger partial charge on any atom is -0.455 e. The van der Waals surface area contributed by atoms with E-state index in [0.717, 1.165) is 50.1 Å². The molecule has 0 radical (unpaired) electrons. The largest absolute Gasteiger partial charge is 0.455 e. The molecule has 11 aromatic rings. The summed E-state index contributed by atoms with van der Waals surface area (Å²) in [7, 11) is 0. The number of hydrogen-bond donors (Lipinski definition) is 0. The number of rotatable bonds is 7. The number of anilines is 3. The molecule has 0 aliphatic heterocycles. The molecule has 272 valence electrons. The van der Waals surface area contributed by atoms with Crippen molar-refractivity contribution in [1.82, 2.24) is 0 Å². The van der Waals surface area contributed by atoms with Crippen LogP contribution in [-0.4, -0.2) is 0 Å². The fraction of sp³-hybridized carbons (Fsp3) is 0. The molecule has 0 spiro atoms. The molecule has 0 saturated carbocycles. The van der Waals surface area contributed by atoms with Crippen LogP contribution in [0, 0.1) is 0 Å². The van der Waals surface area contributed by atoms with Crippen molar-refractivity contribution in [3.05, 3.63) is 224 Å². The second-order valence-corrected chi connectivity index (χ2v) is 14.9. The number of fused-ring (bicyclic) bond motifs is 5. The highest BCUT2D eigenvalue weighted by Crippen LogP contribution is 2.43. The Kier molecular flexibility index (Phi) is 8.19. The van der Waals surface area contributed by atoms with Crippen LogP contribution in [0.5, 0.6) is 0 Å². The van der Waals surface area contributed by atoms with Crippen LogP contribution >= 0.6 is 0 Å². The first-order valence-electron chi connectivity index (χ1n) is 19.8. The van der Waals surface area contributed by atoms with Crippen LogP contribution < -0.4 is 4.90 Å². The molecular formula is C56H37NO. The Morgan fingerprint density at radius 2 is 0.810 bits per heavy atom. The van der Waals surface area contributed by atoms with Gasteiger partial charge in [-0.1, -0.05) is 182 Å². The van der Waals surface area contributed by atoms with Crippen LogP contribution in [0.1, 0.15) is 0 Å². The highest BCUT2D eigenvalue weighted by atomic mass is 16.3. The molecule has 1 aromatic heterocycles. The molecule has 0 saturated heterocycles. The van der Waals surface area contributed by atoms with Crippen molar-refractivity contribution >= 4 is 60.5 Å². The summed E-state index contributed by atoms with van der Waals surface area (Å²) in [4.78, 5) is 2.34. The van der Waals surface area contributed by atoms with Gasteiger partial charge in [0.25, 0.3) is 0 Å². The van der Waals surface area contributed by atoms with Crippen LogP contribution in [-0.2, 0) is 0 Å². The van der Waals surface area contributed by atoms with Gasteiger partial charge < -0.3 is 9.32 Å². The molecule has 0 N–H and O–H groups in total. The van der Waals surface area contributed by atoms with Gasteiger partial charge in [0.15, 0.2) is 0 Å². The third-order valence-electron chi connectivity index (χ3n) is 11.5. The maximum atomic E-state index is 6.76. The van der Waals surface area contributed by atoms with Crippen molar-refractivity contribution in [2.45, 2.75) is 0 Å². The lowest BCUT2D eigenvalue weighted by molar-refractivity contribution is 0.670. The van der Waals surface area contributed by atoms with Crippen LogP contribution in [0.25, 0.3) is 88.0 Å². The van der Waals surface area contributed by atoms with E-state index in [9.17, 15) is 0 Å². The molecule has 1 heterocycles. The van der Waals surface area contributed by atoms with Gasteiger partial charge >= 0.3 is 0 Å². The van der Waals surface area contributed by atoms with Crippen molar-refractivity contribution in [2.75, 3.05) is 4.90 Å². The van der Waals surface area contributed by atoms with E-state index in [1.54, 1.807) is 0 Å². The Labute approximate surface area is 337 Å². The Balaban J connectivity index is 1.06. The fourth-order valence-corrected chi connectivity index (χ4v) is 8.70. The molecule has 0 bridgehead atoms. The summed E-state index contributed by atoms with van der Waals surface area (Å²) >= 11 is 0. The second-order valence-electron chi connectivity index (χ2n) is 14.9. The molecule has 0 aliphatic rings. The van der Waals surface area contributed by atoms with Gasteiger partial charge in [-0.2, -0.15) is 0 Å². The number of para-hydroxylation sites is 1. The highest BCUT2D eigenvalue weighted by molar-refractivity contribution is 6.10. The van der Waals surface area contributed by atoms with Gasteiger partial charge in [-0.25, -0.2) is 0 Å². The minimum atomic E-state index is 0.855. The highest BCUT2D eigenvalue weighted by Gasteiger charge is 2.19. The number of benzene rings is 10. The van der Waals surface area contributed by atoms with Crippen molar-refractivity contribution in [3.8, 4) is 44.5 Å². The van der Waals surface area contributed by atoms with Gasteiger partial charge in [0.05, 0.1) is 0 Å². The Bertz CT molecular complexity index is 3250. The van der Waals surface area contributed by atoms with Gasteiger partial charge in [0, 0.05) is 39.5 Å². The van der Waals surface area contributed by atoms with Crippen molar-refractivity contribution in [1.29, 1.82) is 0 Å². The maximum Gasteiger partial charge on any atom is 0.143 e. The van der Waals surface area contributed by atoms with E-state index in [1.165, 1.54) is 54.9 Å². The Morgan fingerprint density at radius 1 is 0.293 bits per heavy atom. The number of furan rings is 1. The summed E-state index contributed by atoms with van der Waals surface area (Å²) in [5, 5.41) is 7.16. The summed E-state index contributed by atoms with van der Waals surface area (Å²) in [5.74, 6) is 0. The van der Waals surface area contributed by atoms with E-state index < -0.39 is 0 Å². The van der Waals surface area contributed by atoms with Gasteiger partial charge in [-0.05, 0) is 96.9 Å². The zero-order chi connectivity index (χ0) is 38.4. The first-order valence-corrected chi connectivity index (χ1v) is 19.8. The third-order valence-corrected chi connectivity index (χ3v) is 11.5. The normalized spacial score (nSPS) is 11.4. The van der Waals surface area contributed by atoms with Crippen LogP contribution in [0.2, 0.25) is 0 Å². The zero-order valence-corrected chi connectivity index (χ0v) is 31.7. The predicted octanol–water partition coefficient (Wildman–Crippen LogP) is 16.0. The average molecular weight is 740 g/mol. The molecule has 0 amide bonds. The summed E-state index contributed by atoms with van der Waals surface area (Å²) in [6, 6.07) is 80.5. The maximum absolute atomic E-state index is 6.76. The molecular weight excluding hydrogens is 703 g/mol. The van der Waals surface area contributed by atoms with E-state index in [-0.39, 0.29) is 0 Å². The third kappa shape index (κ3) is 5.82. The fourth-order valence-electron chi connectivity index (χ4n) is 8.70. The smallest absolute Gasteiger partial charge is 0.143 e. The second kappa shape index (κ2) is 14.1. The van der Waals surface area contributed by atoms with Crippen molar-refractivity contribution in [2.24, 2.45) is 0 Å². The van der Waals surface area contributed by atoms with E-state index in [2.05, 4.69) is 229 Å². The van der Waals surface area contributed by atoms with E-state index >= 15 is 0 Å². The monoisotopic (exact) mass is 739 g/mol. The molecule has 58 heavy (non-hydrogen) atoms. The molecule has 0 atom stereocenters. The molecule has 11 rings (SSSR count). The minimum absolute atomic E-state index is 0.855. The quantitative estimate of drug-likeness (QED) is 0.162.